The molecule has 0 unspecified atom stereocenters. The highest BCUT2D eigenvalue weighted by atomic mass is 35.5. The van der Waals surface area contributed by atoms with Crippen molar-refractivity contribution >= 4 is 28.8 Å². The molecule has 0 amide bonds. The zero-order chi connectivity index (χ0) is 13.3. The Kier molecular flexibility index (Phi) is 3.31. The number of halogens is 4. The first kappa shape index (κ1) is 12.9. The molecule has 18 heavy (non-hydrogen) atoms. The van der Waals surface area contributed by atoms with Gasteiger partial charge in [-0.3, -0.25) is 0 Å². The van der Waals surface area contributed by atoms with Crippen LogP contribution in [0.25, 0.3) is 0 Å². The average Bonchev–Trinajstić information content (AvgIpc) is 2.72. The minimum atomic E-state index is -4.61. The Morgan fingerprint density at radius 3 is 2.61 bits per heavy atom. The fourth-order valence-electron chi connectivity index (χ4n) is 1.09. The Labute approximate surface area is 108 Å². The van der Waals surface area contributed by atoms with Crippen LogP contribution in [0.15, 0.2) is 18.2 Å². The molecule has 0 spiro atoms. The maximum Gasteiger partial charge on any atom is 0.452 e. The van der Waals surface area contributed by atoms with Gasteiger partial charge in [-0.05, 0) is 12.1 Å². The maximum atomic E-state index is 12.3. The molecule has 2 aromatic rings. The SMILES string of the molecule is Nc1cccc(Cl)c1Oc1nc(C(F)(F)F)ns1. The Balaban J connectivity index is 2.27. The van der Waals surface area contributed by atoms with Crippen molar-refractivity contribution in [1.29, 1.82) is 0 Å². The lowest BCUT2D eigenvalue weighted by Gasteiger charge is -2.06. The molecule has 0 atom stereocenters. The summed E-state index contributed by atoms with van der Waals surface area (Å²) in [6, 6.07) is 4.59. The van der Waals surface area contributed by atoms with Crippen LogP contribution >= 0.6 is 23.1 Å². The summed E-state index contributed by atoms with van der Waals surface area (Å²) in [5, 5.41) is -0.0964. The van der Waals surface area contributed by atoms with E-state index in [1.807, 2.05) is 0 Å². The van der Waals surface area contributed by atoms with Crippen molar-refractivity contribution in [3.8, 4) is 10.9 Å². The number of para-hydroxylation sites is 1. The van der Waals surface area contributed by atoms with Crippen molar-refractivity contribution < 1.29 is 17.9 Å². The Bertz CT molecular complexity index is 552. The van der Waals surface area contributed by atoms with Crippen molar-refractivity contribution in [1.82, 2.24) is 9.36 Å². The van der Waals surface area contributed by atoms with Crippen molar-refractivity contribution in [3.05, 3.63) is 29.0 Å². The summed E-state index contributed by atoms with van der Waals surface area (Å²) in [4.78, 5) is 3.21. The molecule has 0 radical (unpaired) electrons. The van der Waals surface area contributed by atoms with Gasteiger partial charge in [0, 0.05) is 11.5 Å². The highest BCUT2D eigenvalue weighted by molar-refractivity contribution is 7.07. The lowest BCUT2D eigenvalue weighted by Crippen LogP contribution is -2.07. The lowest BCUT2D eigenvalue weighted by atomic mass is 10.3. The van der Waals surface area contributed by atoms with Gasteiger partial charge in [0.15, 0.2) is 5.75 Å². The zero-order valence-corrected chi connectivity index (χ0v) is 10.1. The molecule has 1 aromatic heterocycles. The van der Waals surface area contributed by atoms with Gasteiger partial charge in [0.2, 0.25) is 0 Å². The number of anilines is 1. The van der Waals surface area contributed by atoms with Crippen molar-refractivity contribution in [2.24, 2.45) is 0 Å². The van der Waals surface area contributed by atoms with E-state index in [9.17, 15) is 13.2 Å². The molecule has 1 aromatic carbocycles. The highest BCUT2D eigenvalue weighted by Crippen LogP contribution is 2.37. The molecule has 2 N–H and O–H groups in total. The summed E-state index contributed by atoms with van der Waals surface area (Å²) in [6.45, 7) is 0. The monoisotopic (exact) mass is 295 g/mol. The van der Waals surface area contributed by atoms with E-state index in [0.29, 0.717) is 11.5 Å². The van der Waals surface area contributed by atoms with E-state index >= 15 is 0 Å². The van der Waals surface area contributed by atoms with E-state index in [4.69, 9.17) is 22.1 Å². The first-order valence-corrected chi connectivity index (χ1v) is 5.66. The number of nitrogens with zero attached hydrogens (tertiary/aromatic N) is 2. The number of rotatable bonds is 2. The van der Waals surface area contributed by atoms with Gasteiger partial charge in [-0.15, -0.1) is 0 Å². The minimum absolute atomic E-state index is 0.0593. The molecule has 0 aliphatic rings. The summed E-state index contributed by atoms with van der Waals surface area (Å²) in [7, 11) is 0. The molecule has 0 aliphatic heterocycles. The van der Waals surface area contributed by atoms with Gasteiger partial charge in [0.25, 0.3) is 11.0 Å². The second-order valence-electron chi connectivity index (χ2n) is 3.14. The molecular formula is C9H5ClF3N3OS. The van der Waals surface area contributed by atoms with Gasteiger partial charge in [0.1, 0.15) is 0 Å². The van der Waals surface area contributed by atoms with Gasteiger partial charge in [-0.1, -0.05) is 17.7 Å². The van der Waals surface area contributed by atoms with Gasteiger partial charge in [0.05, 0.1) is 10.7 Å². The van der Waals surface area contributed by atoms with Gasteiger partial charge in [-0.2, -0.15) is 22.5 Å². The molecule has 4 nitrogen and oxygen atoms in total. The number of hydrogen-bond donors (Lipinski definition) is 1. The third kappa shape index (κ3) is 2.65. The molecule has 96 valence electrons. The fourth-order valence-corrected chi connectivity index (χ4v) is 1.86. The van der Waals surface area contributed by atoms with Crippen LogP contribution in [0.3, 0.4) is 0 Å². The molecule has 2 rings (SSSR count). The van der Waals surface area contributed by atoms with E-state index < -0.39 is 12.0 Å². The van der Waals surface area contributed by atoms with Crippen LogP contribution < -0.4 is 10.5 Å². The first-order chi connectivity index (χ1) is 8.38. The lowest BCUT2D eigenvalue weighted by molar-refractivity contribution is -0.144. The smallest absolute Gasteiger partial charge is 0.426 e. The van der Waals surface area contributed by atoms with Crippen LogP contribution in [0, 0.1) is 0 Å². The molecule has 0 aliphatic carbocycles. The summed E-state index contributed by atoms with van der Waals surface area (Å²) < 4.78 is 45.1. The standard InChI is InChI=1S/C9H5ClF3N3OS/c10-4-2-1-3-5(14)6(4)17-8-15-7(16-18-8)9(11,12)13/h1-3H,14H2. The van der Waals surface area contributed by atoms with Crippen molar-refractivity contribution in [3.63, 3.8) is 0 Å². The van der Waals surface area contributed by atoms with Crippen LogP contribution in [0.4, 0.5) is 18.9 Å². The Hall–Kier alpha value is -1.54. The fraction of sp³-hybridized carbons (Fsp3) is 0.111. The van der Waals surface area contributed by atoms with Crippen LogP contribution in [-0.2, 0) is 6.18 Å². The van der Waals surface area contributed by atoms with Gasteiger partial charge < -0.3 is 10.5 Å². The van der Waals surface area contributed by atoms with Crippen molar-refractivity contribution in [2.75, 3.05) is 5.73 Å². The van der Waals surface area contributed by atoms with E-state index in [1.54, 1.807) is 6.07 Å². The zero-order valence-electron chi connectivity index (χ0n) is 8.53. The van der Waals surface area contributed by atoms with Gasteiger partial charge >= 0.3 is 6.18 Å². The van der Waals surface area contributed by atoms with Crippen LogP contribution in [0.5, 0.6) is 10.9 Å². The maximum absolute atomic E-state index is 12.3. The normalized spacial score (nSPS) is 11.6. The van der Waals surface area contributed by atoms with Crippen LogP contribution in [-0.4, -0.2) is 9.36 Å². The molecule has 1 heterocycles. The number of ether oxygens (including phenoxy) is 1. The molecular weight excluding hydrogens is 291 g/mol. The second-order valence-corrected chi connectivity index (χ2v) is 4.26. The topological polar surface area (TPSA) is 61.0 Å². The molecule has 0 fully saturated rings. The molecule has 9 heteroatoms. The highest BCUT2D eigenvalue weighted by Gasteiger charge is 2.36. The predicted molar refractivity (Wildman–Crippen MR) is 60.8 cm³/mol. The Morgan fingerprint density at radius 2 is 2.06 bits per heavy atom. The number of alkyl halides is 3. The number of nitrogens with two attached hydrogens (primary N) is 1. The molecule has 0 saturated carbocycles. The van der Waals surface area contributed by atoms with E-state index in [0.717, 1.165) is 0 Å². The third-order valence-corrected chi connectivity index (χ3v) is 2.74. The summed E-state index contributed by atoms with van der Waals surface area (Å²) in [5.74, 6) is -1.20. The molecule has 0 saturated heterocycles. The molecule has 0 bridgehead atoms. The quantitative estimate of drug-likeness (QED) is 0.860. The third-order valence-electron chi connectivity index (χ3n) is 1.85. The number of nitrogen functional groups attached to an aromatic ring is 1. The number of hydrogen-bond acceptors (Lipinski definition) is 5. The van der Waals surface area contributed by atoms with Gasteiger partial charge in [-0.25, -0.2) is 0 Å². The Morgan fingerprint density at radius 1 is 1.33 bits per heavy atom. The summed E-state index contributed by atoms with van der Waals surface area (Å²) in [6.07, 6.45) is -4.61. The van der Waals surface area contributed by atoms with Crippen LogP contribution in [0.2, 0.25) is 5.02 Å². The van der Waals surface area contributed by atoms with E-state index in [-0.39, 0.29) is 21.7 Å². The number of benzene rings is 1. The van der Waals surface area contributed by atoms with Crippen molar-refractivity contribution in [2.45, 2.75) is 6.18 Å². The van der Waals surface area contributed by atoms with E-state index in [1.165, 1.54) is 12.1 Å². The number of aromatic nitrogens is 2. The van der Waals surface area contributed by atoms with Crippen LogP contribution in [0.1, 0.15) is 5.82 Å². The summed E-state index contributed by atoms with van der Waals surface area (Å²) in [5.41, 5.74) is 5.79. The van der Waals surface area contributed by atoms with E-state index in [2.05, 4.69) is 9.36 Å². The largest absolute Gasteiger partial charge is 0.452 e. The summed E-state index contributed by atoms with van der Waals surface area (Å²) >= 11 is 6.28. The average molecular weight is 296 g/mol. The first-order valence-electron chi connectivity index (χ1n) is 4.50. The predicted octanol–water partition coefficient (Wildman–Crippen LogP) is 3.58. The second kappa shape index (κ2) is 4.62. The minimum Gasteiger partial charge on any atom is -0.426 e.